The molecular weight excluding hydrogens is 288 g/mol. The average Bonchev–Trinajstić information content (AvgIpc) is 2.41. The Bertz CT molecular complexity index is 276. The molecule has 0 bridgehead atoms. The van der Waals surface area contributed by atoms with Gasteiger partial charge in [0.2, 0.25) is 0 Å². The minimum atomic E-state index is -1.78. The monoisotopic (exact) mass is 328 g/mol. The molecule has 22 heavy (non-hydrogen) atoms. The molecule has 0 amide bonds. The summed E-state index contributed by atoms with van der Waals surface area (Å²) >= 11 is 0. The second-order valence-corrected chi connectivity index (χ2v) is 12.9. The Kier molecular flexibility index (Phi) is 11.1. The second kappa shape index (κ2) is 11.3. The summed E-state index contributed by atoms with van der Waals surface area (Å²) in [5.74, 6) is 0. The molecule has 0 fully saturated rings. The van der Waals surface area contributed by atoms with Crippen LogP contribution >= 0.6 is 0 Å². The van der Waals surface area contributed by atoms with Gasteiger partial charge in [-0.1, -0.05) is 73.8 Å². The molecule has 132 valence electrons. The number of aliphatic hydroxyl groups is 1. The molecule has 0 rings (SSSR count). The van der Waals surface area contributed by atoms with Gasteiger partial charge in [-0.2, -0.15) is 0 Å². The first-order valence-electron chi connectivity index (χ1n) is 9.29. The van der Waals surface area contributed by atoms with Gasteiger partial charge in [-0.25, -0.2) is 0 Å². The van der Waals surface area contributed by atoms with Crippen LogP contribution < -0.4 is 0 Å². The number of hydrogen-bond donors (Lipinski definition) is 1. The van der Waals surface area contributed by atoms with Crippen molar-refractivity contribution in [1.82, 2.24) is 0 Å². The molecule has 0 aromatic heterocycles. The molecule has 0 saturated heterocycles. The van der Waals surface area contributed by atoms with Gasteiger partial charge in [0.05, 0.1) is 12.4 Å². The van der Waals surface area contributed by atoms with Crippen molar-refractivity contribution in [1.29, 1.82) is 0 Å². The van der Waals surface area contributed by atoms with Crippen molar-refractivity contribution in [2.45, 2.75) is 110 Å². The minimum absolute atomic E-state index is 0.154. The highest BCUT2D eigenvalue weighted by Gasteiger charge is 2.46. The van der Waals surface area contributed by atoms with E-state index in [0.29, 0.717) is 16.6 Å². The van der Waals surface area contributed by atoms with Crippen LogP contribution in [0.25, 0.3) is 0 Å². The number of unbranched alkanes of at least 4 members (excludes halogenated alkanes) is 2. The van der Waals surface area contributed by atoms with Crippen LogP contribution in [0.5, 0.6) is 0 Å². The van der Waals surface area contributed by atoms with Crippen molar-refractivity contribution in [2.24, 2.45) is 0 Å². The number of rotatable bonds is 12. The summed E-state index contributed by atoms with van der Waals surface area (Å²) in [5.41, 5.74) is 1.82. The van der Waals surface area contributed by atoms with Gasteiger partial charge in [0.15, 0.2) is 0 Å². The van der Waals surface area contributed by atoms with Gasteiger partial charge >= 0.3 is 0 Å². The fourth-order valence-electron chi connectivity index (χ4n) is 3.71. The standard InChI is InChI=1S/C19H40O2Si/c1-8-9-10-13-19(20)14-11-12-15-21-22(16(2)3,17(4)5)18(6)7/h12,15-20H,8-11,13-14H2,1-7H3/b15-12+/t19-/m1/s1. The highest BCUT2D eigenvalue weighted by Crippen LogP contribution is 2.42. The third-order valence-corrected chi connectivity index (χ3v) is 10.8. The van der Waals surface area contributed by atoms with Crippen LogP contribution in [0.3, 0.4) is 0 Å². The Morgan fingerprint density at radius 3 is 1.91 bits per heavy atom. The molecule has 0 radical (unpaired) electrons. The molecule has 0 heterocycles. The highest BCUT2D eigenvalue weighted by atomic mass is 28.4. The van der Waals surface area contributed by atoms with Crippen LogP contribution in [0.1, 0.15) is 87.0 Å². The first kappa shape index (κ1) is 21.7. The maximum absolute atomic E-state index is 9.93. The van der Waals surface area contributed by atoms with Crippen LogP contribution in [0, 0.1) is 0 Å². The van der Waals surface area contributed by atoms with E-state index < -0.39 is 8.32 Å². The third kappa shape index (κ3) is 6.87. The van der Waals surface area contributed by atoms with Crippen molar-refractivity contribution in [2.75, 3.05) is 0 Å². The summed E-state index contributed by atoms with van der Waals surface area (Å²) in [6.45, 7) is 16.0. The largest absolute Gasteiger partial charge is 0.548 e. The van der Waals surface area contributed by atoms with Gasteiger partial charge in [0.25, 0.3) is 8.32 Å². The van der Waals surface area contributed by atoms with Crippen LogP contribution in [0.15, 0.2) is 12.3 Å². The van der Waals surface area contributed by atoms with E-state index in [1.165, 1.54) is 12.8 Å². The average molecular weight is 329 g/mol. The molecule has 0 aromatic rings. The molecule has 0 saturated carbocycles. The zero-order valence-electron chi connectivity index (χ0n) is 16.1. The molecule has 2 nitrogen and oxygen atoms in total. The highest BCUT2D eigenvalue weighted by molar-refractivity contribution is 6.77. The fraction of sp³-hybridized carbons (Fsp3) is 0.895. The first-order valence-corrected chi connectivity index (χ1v) is 11.4. The SMILES string of the molecule is CCCCC[C@@H](O)CC/C=C/O[Si](C(C)C)(C(C)C)C(C)C. The summed E-state index contributed by atoms with van der Waals surface area (Å²) in [4.78, 5) is 0. The Balaban J connectivity index is 4.32. The van der Waals surface area contributed by atoms with E-state index in [1.54, 1.807) is 0 Å². The zero-order valence-corrected chi connectivity index (χ0v) is 17.1. The maximum Gasteiger partial charge on any atom is 0.257 e. The van der Waals surface area contributed by atoms with Gasteiger partial charge in [0.1, 0.15) is 0 Å². The fourth-order valence-corrected chi connectivity index (χ4v) is 8.85. The van der Waals surface area contributed by atoms with Crippen molar-refractivity contribution >= 4 is 8.32 Å². The van der Waals surface area contributed by atoms with E-state index in [2.05, 4.69) is 54.5 Å². The van der Waals surface area contributed by atoms with Gasteiger partial charge in [-0.05, 0) is 35.9 Å². The molecule has 1 N–H and O–H groups in total. The first-order chi connectivity index (χ1) is 10.3. The molecule has 0 aliphatic rings. The quantitative estimate of drug-likeness (QED) is 0.255. The van der Waals surface area contributed by atoms with E-state index in [4.69, 9.17) is 4.43 Å². The molecular formula is C19H40O2Si. The molecule has 0 aliphatic carbocycles. The Morgan fingerprint density at radius 1 is 0.909 bits per heavy atom. The predicted octanol–water partition coefficient (Wildman–Crippen LogP) is 6.41. The molecule has 0 aliphatic heterocycles. The molecule has 3 heteroatoms. The lowest BCUT2D eigenvalue weighted by molar-refractivity contribution is 0.152. The van der Waals surface area contributed by atoms with Crippen molar-refractivity contribution in [3.63, 3.8) is 0 Å². The van der Waals surface area contributed by atoms with Crippen molar-refractivity contribution in [3.8, 4) is 0 Å². The van der Waals surface area contributed by atoms with E-state index in [-0.39, 0.29) is 6.10 Å². The van der Waals surface area contributed by atoms with Crippen molar-refractivity contribution in [3.05, 3.63) is 12.3 Å². The van der Waals surface area contributed by atoms with Gasteiger partial charge < -0.3 is 9.53 Å². The molecule has 1 atom stereocenters. The van der Waals surface area contributed by atoms with E-state index in [1.807, 2.05) is 6.26 Å². The van der Waals surface area contributed by atoms with E-state index in [9.17, 15) is 5.11 Å². The number of hydrogen-bond acceptors (Lipinski definition) is 2. The molecule has 0 spiro atoms. The Hall–Kier alpha value is -0.283. The van der Waals surface area contributed by atoms with Crippen LogP contribution in [-0.4, -0.2) is 19.5 Å². The zero-order chi connectivity index (χ0) is 17.2. The lowest BCUT2D eigenvalue weighted by Crippen LogP contribution is -2.46. The smallest absolute Gasteiger partial charge is 0.257 e. The summed E-state index contributed by atoms with van der Waals surface area (Å²) in [6, 6.07) is 0. The van der Waals surface area contributed by atoms with Crippen LogP contribution in [0.2, 0.25) is 16.6 Å². The lowest BCUT2D eigenvalue weighted by Gasteiger charge is -2.41. The van der Waals surface area contributed by atoms with Gasteiger partial charge in [-0.3, -0.25) is 0 Å². The summed E-state index contributed by atoms with van der Waals surface area (Å²) in [6.07, 6.45) is 10.2. The van der Waals surface area contributed by atoms with E-state index in [0.717, 1.165) is 25.7 Å². The third-order valence-electron chi connectivity index (χ3n) is 4.88. The van der Waals surface area contributed by atoms with Crippen molar-refractivity contribution < 1.29 is 9.53 Å². The van der Waals surface area contributed by atoms with Crippen LogP contribution in [0.4, 0.5) is 0 Å². The molecule has 0 unspecified atom stereocenters. The Morgan fingerprint density at radius 2 is 1.45 bits per heavy atom. The van der Waals surface area contributed by atoms with Gasteiger partial charge in [-0.15, -0.1) is 0 Å². The molecule has 0 aromatic carbocycles. The Labute approximate surface area is 140 Å². The topological polar surface area (TPSA) is 29.5 Å². The van der Waals surface area contributed by atoms with Crippen LogP contribution in [-0.2, 0) is 4.43 Å². The summed E-state index contributed by atoms with van der Waals surface area (Å²) in [5, 5.41) is 9.93. The number of allylic oxidation sites excluding steroid dienone is 1. The second-order valence-electron chi connectivity index (χ2n) is 7.53. The summed E-state index contributed by atoms with van der Waals surface area (Å²) < 4.78 is 6.37. The van der Waals surface area contributed by atoms with E-state index >= 15 is 0 Å². The summed E-state index contributed by atoms with van der Waals surface area (Å²) in [7, 11) is -1.78. The minimum Gasteiger partial charge on any atom is -0.548 e. The predicted molar refractivity (Wildman–Crippen MR) is 101 cm³/mol. The lowest BCUT2D eigenvalue weighted by atomic mass is 10.1. The number of aliphatic hydroxyl groups excluding tert-OH is 1. The normalized spacial score (nSPS) is 14.5. The van der Waals surface area contributed by atoms with Gasteiger partial charge in [0, 0.05) is 0 Å². The maximum atomic E-state index is 9.93.